The minimum Gasteiger partial charge on any atom is -0.481 e. The fourth-order valence-electron chi connectivity index (χ4n) is 1.40. The highest BCUT2D eigenvalue weighted by atomic mass is 79.9. The largest absolute Gasteiger partial charge is 0.481 e. The first kappa shape index (κ1) is 13.6. The number of halogens is 1. The fourth-order valence-corrected chi connectivity index (χ4v) is 1.87. The first-order chi connectivity index (χ1) is 7.86. The van der Waals surface area contributed by atoms with E-state index in [1.54, 1.807) is 0 Å². The van der Waals surface area contributed by atoms with E-state index in [1.165, 1.54) is 0 Å². The number of hydrogen-bond acceptors (Lipinski definition) is 4. The number of hydrogen-bond donors (Lipinski definition) is 3. The third kappa shape index (κ3) is 3.26. The van der Waals surface area contributed by atoms with Crippen molar-refractivity contribution in [2.24, 2.45) is 10.7 Å². The first-order valence-electron chi connectivity index (χ1n) is 4.97. The van der Waals surface area contributed by atoms with Crippen molar-refractivity contribution >= 4 is 39.7 Å². The van der Waals surface area contributed by atoms with E-state index in [4.69, 9.17) is 10.8 Å². The molecule has 0 bridgehead atoms. The summed E-state index contributed by atoms with van der Waals surface area (Å²) in [6.45, 7) is 0. The predicted octanol–water partition coefficient (Wildman–Crippen LogP) is -0.264. The second-order valence-electron chi connectivity index (χ2n) is 3.66. The summed E-state index contributed by atoms with van der Waals surface area (Å²) in [6, 6.07) is 0. The van der Waals surface area contributed by atoms with Gasteiger partial charge in [0.05, 0.1) is 0 Å². The molecule has 0 aromatic heterocycles. The molecule has 2 amide bonds. The average molecular weight is 306 g/mol. The Morgan fingerprint density at radius 2 is 2.12 bits per heavy atom. The summed E-state index contributed by atoms with van der Waals surface area (Å²) in [5, 5.41) is 10.7. The number of carbonyl (C=O) groups is 3. The van der Waals surface area contributed by atoms with Crippen LogP contribution in [0.2, 0.25) is 0 Å². The highest BCUT2D eigenvalue weighted by Crippen LogP contribution is 2.29. The van der Waals surface area contributed by atoms with E-state index in [1.807, 2.05) is 0 Å². The minimum atomic E-state index is -1.42. The van der Waals surface area contributed by atoms with Crippen molar-refractivity contribution in [3.63, 3.8) is 0 Å². The molecular weight excluding hydrogens is 294 g/mol. The zero-order valence-corrected chi connectivity index (χ0v) is 10.5. The molecule has 1 aliphatic heterocycles. The number of guanidine groups is 1. The van der Waals surface area contributed by atoms with Gasteiger partial charge in [-0.05, 0) is 12.8 Å². The Bertz CT molecular complexity index is 396. The standard InChI is InChI=1S/C9H12BrN3O4/c10-9(4-2-1-3-5(14)15)6(16)12-8(11)13-7(9)17/h1-4H2,(H,14,15)(H3,11,12,13,16,17). The lowest BCUT2D eigenvalue weighted by Crippen LogP contribution is -2.56. The molecule has 0 aromatic carbocycles. The number of alkyl halides is 1. The zero-order chi connectivity index (χ0) is 13.1. The van der Waals surface area contributed by atoms with Crippen molar-refractivity contribution in [3.05, 3.63) is 0 Å². The summed E-state index contributed by atoms with van der Waals surface area (Å²) in [4.78, 5) is 36.9. The SMILES string of the molecule is NC1=NC(=O)[C@](Br)(CCCCC(=O)O)C(=O)N1. The van der Waals surface area contributed by atoms with E-state index in [0.29, 0.717) is 12.8 Å². The minimum absolute atomic E-state index is 0.00426. The molecule has 0 spiro atoms. The lowest BCUT2D eigenvalue weighted by atomic mass is 9.98. The van der Waals surface area contributed by atoms with Gasteiger partial charge in [0.15, 0.2) is 4.32 Å². The topological polar surface area (TPSA) is 122 Å². The molecule has 0 saturated heterocycles. The molecule has 4 N–H and O–H groups in total. The Morgan fingerprint density at radius 3 is 2.65 bits per heavy atom. The smallest absolute Gasteiger partial charge is 0.303 e. The summed E-state index contributed by atoms with van der Waals surface area (Å²) in [5.41, 5.74) is 5.23. The maximum atomic E-state index is 11.6. The molecule has 1 rings (SSSR count). The van der Waals surface area contributed by atoms with E-state index in [9.17, 15) is 14.4 Å². The number of rotatable bonds is 5. The monoisotopic (exact) mass is 305 g/mol. The third-order valence-corrected chi connectivity index (χ3v) is 3.42. The van der Waals surface area contributed by atoms with Gasteiger partial charge < -0.3 is 10.8 Å². The molecule has 0 aliphatic carbocycles. The lowest BCUT2D eigenvalue weighted by Gasteiger charge is -2.26. The number of nitrogens with two attached hydrogens (primary N) is 1. The summed E-state index contributed by atoms with van der Waals surface area (Å²) >= 11 is 3.05. The second kappa shape index (κ2) is 5.26. The van der Waals surface area contributed by atoms with Crippen molar-refractivity contribution in [1.29, 1.82) is 0 Å². The van der Waals surface area contributed by atoms with Crippen LogP contribution in [-0.2, 0) is 14.4 Å². The van der Waals surface area contributed by atoms with Gasteiger partial charge in [0.25, 0.3) is 11.8 Å². The number of nitrogens with one attached hydrogen (secondary N) is 1. The molecule has 8 heteroatoms. The van der Waals surface area contributed by atoms with Crippen LogP contribution < -0.4 is 11.1 Å². The van der Waals surface area contributed by atoms with Gasteiger partial charge in [-0.2, -0.15) is 4.99 Å². The van der Waals surface area contributed by atoms with Crippen LogP contribution in [-0.4, -0.2) is 33.2 Å². The van der Waals surface area contributed by atoms with Gasteiger partial charge >= 0.3 is 5.97 Å². The number of amides is 2. The molecule has 1 aliphatic rings. The molecule has 1 atom stereocenters. The summed E-state index contributed by atoms with van der Waals surface area (Å²) in [7, 11) is 0. The molecular formula is C9H12BrN3O4. The molecule has 0 radical (unpaired) electrons. The van der Waals surface area contributed by atoms with Crippen LogP contribution in [0.25, 0.3) is 0 Å². The highest BCUT2D eigenvalue weighted by molar-refractivity contribution is 9.10. The van der Waals surface area contributed by atoms with E-state index in [-0.39, 0.29) is 18.8 Å². The van der Waals surface area contributed by atoms with Gasteiger partial charge in [0.2, 0.25) is 5.96 Å². The van der Waals surface area contributed by atoms with Gasteiger partial charge in [-0.15, -0.1) is 0 Å². The van der Waals surface area contributed by atoms with Crippen molar-refractivity contribution in [2.45, 2.75) is 30.0 Å². The lowest BCUT2D eigenvalue weighted by molar-refractivity contribution is -0.137. The number of carboxylic acid groups (broad SMARTS) is 1. The molecule has 7 nitrogen and oxygen atoms in total. The van der Waals surface area contributed by atoms with Crippen LogP contribution in [0.3, 0.4) is 0 Å². The van der Waals surface area contributed by atoms with E-state index in [0.717, 1.165) is 0 Å². The molecule has 0 aromatic rings. The Hall–Kier alpha value is -1.44. The predicted molar refractivity (Wildman–Crippen MR) is 62.5 cm³/mol. The Balaban J connectivity index is 2.58. The number of unbranched alkanes of at least 4 members (excludes halogenated alkanes) is 1. The van der Waals surface area contributed by atoms with Crippen LogP contribution >= 0.6 is 15.9 Å². The first-order valence-corrected chi connectivity index (χ1v) is 5.76. The quantitative estimate of drug-likeness (QED) is 0.367. The van der Waals surface area contributed by atoms with Gasteiger partial charge in [-0.3, -0.25) is 19.7 Å². The summed E-state index contributed by atoms with van der Waals surface area (Å²) in [6.07, 6.45) is 1.00. The Morgan fingerprint density at radius 1 is 1.47 bits per heavy atom. The van der Waals surface area contributed by atoms with Gasteiger partial charge in [-0.1, -0.05) is 22.4 Å². The van der Waals surface area contributed by atoms with Crippen molar-refractivity contribution < 1.29 is 19.5 Å². The molecule has 0 unspecified atom stereocenters. The number of carbonyl (C=O) groups excluding carboxylic acids is 2. The van der Waals surface area contributed by atoms with E-state index >= 15 is 0 Å². The van der Waals surface area contributed by atoms with E-state index in [2.05, 4.69) is 26.2 Å². The summed E-state index contributed by atoms with van der Waals surface area (Å²) < 4.78 is -1.42. The van der Waals surface area contributed by atoms with Crippen LogP contribution in [0.15, 0.2) is 4.99 Å². The van der Waals surface area contributed by atoms with Crippen molar-refractivity contribution in [1.82, 2.24) is 5.32 Å². The fraction of sp³-hybridized carbons (Fsp3) is 0.556. The number of aliphatic imine (C=N–C) groups is 1. The van der Waals surface area contributed by atoms with Crippen LogP contribution in [0.5, 0.6) is 0 Å². The Kier molecular flexibility index (Phi) is 4.22. The van der Waals surface area contributed by atoms with E-state index < -0.39 is 22.1 Å². The summed E-state index contributed by atoms with van der Waals surface area (Å²) in [5.74, 6) is -2.35. The number of carboxylic acids is 1. The van der Waals surface area contributed by atoms with Gasteiger partial charge in [-0.25, -0.2) is 0 Å². The molecule has 17 heavy (non-hydrogen) atoms. The molecule has 0 fully saturated rings. The molecule has 94 valence electrons. The van der Waals surface area contributed by atoms with Gasteiger partial charge in [0.1, 0.15) is 0 Å². The normalized spacial score (nSPS) is 24.2. The second-order valence-corrected chi connectivity index (χ2v) is 5.01. The maximum absolute atomic E-state index is 11.6. The number of aliphatic carboxylic acids is 1. The highest BCUT2D eigenvalue weighted by Gasteiger charge is 2.45. The van der Waals surface area contributed by atoms with Crippen LogP contribution in [0.4, 0.5) is 0 Å². The molecule has 0 saturated carbocycles. The zero-order valence-electron chi connectivity index (χ0n) is 8.90. The maximum Gasteiger partial charge on any atom is 0.303 e. The Labute approximate surface area is 106 Å². The van der Waals surface area contributed by atoms with Gasteiger partial charge in [0, 0.05) is 6.42 Å². The average Bonchev–Trinajstić information content (AvgIpc) is 2.21. The molecule has 1 heterocycles. The van der Waals surface area contributed by atoms with Crippen molar-refractivity contribution in [2.75, 3.05) is 0 Å². The van der Waals surface area contributed by atoms with Crippen LogP contribution in [0.1, 0.15) is 25.7 Å². The van der Waals surface area contributed by atoms with Crippen molar-refractivity contribution in [3.8, 4) is 0 Å². The third-order valence-electron chi connectivity index (χ3n) is 2.32. The number of nitrogens with zero attached hydrogens (tertiary/aromatic N) is 1. The van der Waals surface area contributed by atoms with Crippen LogP contribution in [0, 0.1) is 0 Å².